The Labute approximate surface area is 115 Å². The molecule has 0 aliphatic carbocycles. The van der Waals surface area contributed by atoms with Crippen molar-refractivity contribution in [1.82, 2.24) is 4.98 Å². The molecule has 0 unspecified atom stereocenters. The number of rotatable bonds is 3. The van der Waals surface area contributed by atoms with Crippen molar-refractivity contribution in [1.29, 1.82) is 0 Å². The van der Waals surface area contributed by atoms with E-state index < -0.39 is 17.7 Å². The van der Waals surface area contributed by atoms with Crippen LogP contribution in [0.1, 0.15) is 20.3 Å². The molecule has 0 radical (unpaired) electrons. The molecule has 0 bridgehead atoms. The second kappa shape index (κ2) is 5.33. The van der Waals surface area contributed by atoms with E-state index in [0.29, 0.717) is 0 Å². The fourth-order valence-electron chi connectivity index (χ4n) is 1.24. The predicted octanol–water partition coefficient (Wildman–Crippen LogP) is 2.89. The summed E-state index contributed by atoms with van der Waals surface area (Å²) in [7, 11) is 0. The molecule has 8 heteroatoms. The maximum Gasteiger partial charge on any atom is 0.355 e. The van der Waals surface area contributed by atoms with Gasteiger partial charge in [0, 0.05) is 10.4 Å². The first-order valence-electron chi connectivity index (χ1n) is 4.92. The Morgan fingerprint density at radius 2 is 2.16 bits per heavy atom. The summed E-state index contributed by atoms with van der Waals surface area (Å²) in [6, 6.07) is 3.79. The van der Waals surface area contributed by atoms with Gasteiger partial charge in [0.25, 0.3) is 5.91 Å². The molecule has 2 N–H and O–H groups in total. The molecule has 2 aromatic rings. The standard InChI is InChI=1S/C11H6ClFN2O3S/c12-5-1-2-7(6(13)3-5)14-9(16)10-15-8(4-19-10)11(17)18/h1-4H,(H,14,16)(H,17,18). The molecule has 1 heterocycles. The van der Waals surface area contributed by atoms with Crippen LogP contribution in [0.25, 0.3) is 0 Å². The smallest absolute Gasteiger partial charge is 0.355 e. The molecule has 5 nitrogen and oxygen atoms in total. The summed E-state index contributed by atoms with van der Waals surface area (Å²) in [5.74, 6) is -2.59. The van der Waals surface area contributed by atoms with Crippen LogP contribution in [0.15, 0.2) is 23.6 Å². The Bertz CT molecular complexity index is 659. The van der Waals surface area contributed by atoms with Gasteiger partial charge in [0.2, 0.25) is 0 Å². The van der Waals surface area contributed by atoms with E-state index >= 15 is 0 Å². The number of carboxylic acids is 1. The topological polar surface area (TPSA) is 79.3 Å². The van der Waals surface area contributed by atoms with E-state index in [2.05, 4.69) is 10.3 Å². The van der Waals surface area contributed by atoms with Gasteiger partial charge in [-0.3, -0.25) is 4.79 Å². The van der Waals surface area contributed by atoms with Gasteiger partial charge in [-0.05, 0) is 18.2 Å². The van der Waals surface area contributed by atoms with Crippen LogP contribution in [0, 0.1) is 5.82 Å². The summed E-state index contributed by atoms with van der Waals surface area (Å²) in [5, 5.41) is 12.3. The van der Waals surface area contributed by atoms with E-state index in [-0.39, 0.29) is 21.4 Å². The Kier molecular flexibility index (Phi) is 3.77. The van der Waals surface area contributed by atoms with Crippen LogP contribution in [0.5, 0.6) is 0 Å². The van der Waals surface area contributed by atoms with Crippen molar-refractivity contribution in [2.45, 2.75) is 0 Å². The molecular weight excluding hydrogens is 295 g/mol. The average Bonchev–Trinajstić information content (AvgIpc) is 2.82. The number of hydrogen-bond donors (Lipinski definition) is 2. The van der Waals surface area contributed by atoms with Crippen molar-refractivity contribution < 1.29 is 19.1 Å². The van der Waals surface area contributed by atoms with Gasteiger partial charge < -0.3 is 10.4 Å². The predicted molar refractivity (Wildman–Crippen MR) is 68.4 cm³/mol. The number of halogens is 2. The highest BCUT2D eigenvalue weighted by Crippen LogP contribution is 2.20. The number of benzene rings is 1. The number of carbonyl (C=O) groups excluding carboxylic acids is 1. The van der Waals surface area contributed by atoms with Crippen LogP contribution in [0.4, 0.5) is 10.1 Å². The largest absolute Gasteiger partial charge is 0.476 e. The highest BCUT2D eigenvalue weighted by Gasteiger charge is 2.16. The quantitative estimate of drug-likeness (QED) is 0.913. The molecule has 2 rings (SSSR count). The van der Waals surface area contributed by atoms with E-state index in [4.69, 9.17) is 16.7 Å². The summed E-state index contributed by atoms with van der Waals surface area (Å²) in [5.41, 5.74) is -0.284. The van der Waals surface area contributed by atoms with E-state index in [0.717, 1.165) is 17.4 Å². The fraction of sp³-hybridized carbons (Fsp3) is 0. The number of amides is 1. The Hall–Kier alpha value is -1.99. The van der Waals surface area contributed by atoms with Crippen LogP contribution >= 0.6 is 22.9 Å². The lowest BCUT2D eigenvalue weighted by atomic mass is 10.3. The molecule has 1 aromatic carbocycles. The second-order valence-electron chi connectivity index (χ2n) is 3.42. The number of nitrogens with one attached hydrogen (secondary N) is 1. The fourth-order valence-corrected chi connectivity index (χ4v) is 2.09. The van der Waals surface area contributed by atoms with Gasteiger partial charge in [0.05, 0.1) is 5.69 Å². The van der Waals surface area contributed by atoms with Crippen LogP contribution in [0.2, 0.25) is 5.02 Å². The molecule has 1 amide bonds. The molecule has 0 fully saturated rings. The summed E-state index contributed by atoms with van der Waals surface area (Å²) in [4.78, 5) is 26.0. The minimum Gasteiger partial charge on any atom is -0.476 e. The van der Waals surface area contributed by atoms with Crippen LogP contribution in [-0.2, 0) is 0 Å². The summed E-state index contributed by atoms with van der Waals surface area (Å²) >= 11 is 6.44. The van der Waals surface area contributed by atoms with Gasteiger partial charge in [-0.15, -0.1) is 11.3 Å². The van der Waals surface area contributed by atoms with Crippen molar-refractivity contribution in [3.63, 3.8) is 0 Å². The molecule has 0 spiro atoms. The summed E-state index contributed by atoms with van der Waals surface area (Å²) in [6.45, 7) is 0. The van der Waals surface area contributed by atoms with E-state index in [1.54, 1.807) is 0 Å². The van der Waals surface area contributed by atoms with Crippen molar-refractivity contribution >= 4 is 40.5 Å². The van der Waals surface area contributed by atoms with Crippen molar-refractivity contribution in [3.05, 3.63) is 45.1 Å². The average molecular weight is 301 g/mol. The third-order valence-corrected chi connectivity index (χ3v) is 3.17. The maximum absolute atomic E-state index is 13.4. The first-order chi connectivity index (χ1) is 8.97. The highest BCUT2D eigenvalue weighted by molar-refractivity contribution is 7.12. The number of nitrogens with zero attached hydrogens (tertiary/aromatic N) is 1. The molecular formula is C11H6ClFN2O3S. The Morgan fingerprint density at radius 1 is 1.42 bits per heavy atom. The second-order valence-corrected chi connectivity index (χ2v) is 4.72. The van der Waals surface area contributed by atoms with Crippen LogP contribution in [-0.4, -0.2) is 22.0 Å². The monoisotopic (exact) mass is 300 g/mol. The zero-order valence-electron chi connectivity index (χ0n) is 9.18. The van der Waals surface area contributed by atoms with Crippen LogP contribution < -0.4 is 5.32 Å². The van der Waals surface area contributed by atoms with Gasteiger partial charge in [-0.1, -0.05) is 11.6 Å². The first kappa shape index (κ1) is 13.4. The minimum atomic E-state index is -1.23. The van der Waals surface area contributed by atoms with E-state index in [1.807, 2.05) is 0 Å². The lowest BCUT2D eigenvalue weighted by molar-refractivity contribution is 0.0691. The van der Waals surface area contributed by atoms with Gasteiger partial charge in [-0.25, -0.2) is 14.2 Å². The van der Waals surface area contributed by atoms with Crippen LogP contribution in [0.3, 0.4) is 0 Å². The number of hydrogen-bond acceptors (Lipinski definition) is 4. The van der Waals surface area contributed by atoms with Gasteiger partial charge in [0.15, 0.2) is 10.7 Å². The first-order valence-corrected chi connectivity index (χ1v) is 6.18. The number of thiazole rings is 1. The zero-order valence-corrected chi connectivity index (χ0v) is 10.8. The maximum atomic E-state index is 13.4. The number of aromatic carboxylic acids is 1. The van der Waals surface area contributed by atoms with Gasteiger partial charge in [0.1, 0.15) is 5.82 Å². The third-order valence-electron chi connectivity index (χ3n) is 2.10. The highest BCUT2D eigenvalue weighted by atomic mass is 35.5. The number of aromatic nitrogens is 1. The molecule has 0 aliphatic rings. The molecule has 1 aromatic heterocycles. The van der Waals surface area contributed by atoms with Gasteiger partial charge >= 0.3 is 5.97 Å². The summed E-state index contributed by atoms with van der Waals surface area (Å²) in [6.07, 6.45) is 0. The SMILES string of the molecule is O=C(O)c1csc(C(=O)Nc2ccc(Cl)cc2F)n1. The number of carboxylic acid groups (broad SMARTS) is 1. The lowest BCUT2D eigenvalue weighted by Crippen LogP contribution is -2.13. The molecule has 98 valence electrons. The molecule has 0 aliphatic heterocycles. The minimum absolute atomic E-state index is 0.0542. The normalized spacial score (nSPS) is 10.2. The zero-order chi connectivity index (χ0) is 14.0. The molecule has 0 saturated carbocycles. The number of carbonyl (C=O) groups is 2. The van der Waals surface area contributed by atoms with Gasteiger partial charge in [-0.2, -0.15) is 0 Å². The molecule has 19 heavy (non-hydrogen) atoms. The Morgan fingerprint density at radius 3 is 2.74 bits per heavy atom. The molecule has 0 atom stereocenters. The van der Waals surface area contributed by atoms with Crippen molar-refractivity contribution in [2.75, 3.05) is 5.32 Å². The Balaban J connectivity index is 2.18. The van der Waals surface area contributed by atoms with E-state index in [9.17, 15) is 14.0 Å². The van der Waals surface area contributed by atoms with Crippen molar-refractivity contribution in [3.8, 4) is 0 Å². The van der Waals surface area contributed by atoms with Crippen molar-refractivity contribution in [2.24, 2.45) is 0 Å². The lowest BCUT2D eigenvalue weighted by Gasteiger charge is -2.04. The summed E-state index contributed by atoms with van der Waals surface area (Å²) < 4.78 is 13.4. The molecule has 0 saturated heterocycles. The third kappa shape index (κ3) is 3.07. The number of anilines is 1. The van der Waals surface area contributed by atoms with E-state index in [1.165, 1.54) is 17.5 Å².